The van der Waals surface area contributed by atoms with E-state index in [4.69, 9.17) is 16.3 Å². The maximum Gasteiger partial charge on any atom is 0.321 e. The number of hydrogen-bond donors (Lipinski definition) is 1. The molecule has 1 unspecified atom stereocenters. The maximum atomic E-state index is 15.0. The summed E-state index contributed by atoms with van der Waals surface area (Å²) >= 11 is 5.84. The van der Waals surface area contributed by atoms with E-state index in [1.807, 2.05) is 0 Å². The van der Waals surface area contributed by atoms with Crippen LogP contribution in [0, 0.1) is 11.6 Å². The molecule has 0 radical (unpaired) electrons. The summed E-state index contributed by atoms with van der Waals surface area (Å²) in [6.45, 7) is -3.64. The number of methoxy groups -OCH3 is 1. The van der Waals surface area contributed by atoms with Crippen molar-refractivity contribution in [3.05, 3.63) is 92.9 Å². The van der Waals surface area contributed by atoms with Crippen molar-refractivity contribution < 1.29 is 31.9 Å². The van der Waals surface area contributed by atoms with Crippen LogP contribution >= 0.6 is 11.6 Å². The van der Waals surface area contributed by atoms with Crippen LogP contribution in [0.25, 0.3) is 0 Å². The van der Waals surface area contributed by atoms with E-state index >= 15 is 0 Å². The molecule has 3 aromatic rings. The smallest absolute Gasteiger partial charge is 0.321 e. The number of carbonyl (C=O) groups is 2. The predicted octanol–water partition coefficient (Wildman–Crippen LogP) is 4.11. The average Bonchev–Trinajstić information content (AvgIpc) is 3.14. The normalized spacial score (nSPS) is 17.5. The highest BCUT2D eigenvalue weighted by Gasteiger charge is 2.46. The third-order valence-corrected chi connectivity index (χ3v) is 6.07. The van der Waals surface area contributed by atoms with Gasteiger partial charge in [-0.1, -0.05) is 11.6 Å². The lowest BCUT2D eigenvalue weighted by atomic mass is 9.92. The first-order valence-electron chi connectivity index (χ1n) is 10.5. The number of carbonyl (C=O) groups excluding carboxylic acids is 2. The Labute approximate surface area is 206 Å². The van der Waals surface area contributed by atoms with E-state index in [-0.39, 0.29) is 15.9 Å². The van der Waals surface area contributed by atoms with Gasteiger partial charge >= 0.3 is 6.55 Å². The SMILES string of the molecule is COc1cc(F)c([C@@H]2CN(c3cccn(C(F)F)c3=O)C(=O)C2NC(=O)c2ccc(Cl)cc2)c(F)c1. The molecule has 7 nitrogen and oxygen atoms in total. The highest BCUT2D eigenvalue weighted by Crippen LogP contribution is 2.36. The fourth-order valence-corrected chi connectivity index (χ4v) is 4.21. The van der Waals surface area contributed by atoms with Crippen molar-refractivity contribution in [1.29, 1.82) is 0 Å². The molecule has 1 aromatic heterocycles. The second-order valence-corrected chi connectivity index (χ2v) is 8.34. The van der Waals surface area contributed by atoms with Crippen molar-refractivity contribution in [2.24, 2.45) is 0 Å². The zero-order valence-electron chi connectivity index (χ0n) is 18.6. The molecule has 0 bridgehead atoms. The van der Waals surface area contributed by atoms with Crippen molar-refractivity contribution in [1.82, 2.24) is 9.88 Å². The Bertz CT molecular complexity index is 1360. The molecule has 2 heterocycles. The van der Waals surface area contributed by atoms with Crippen LogP contribution < -0.4 is 20.5 Å². The number of aromatic nitrogens is 1. The van der Waals surface area contributed by atoms with Crippen LogP contribution in [-0.2, 0) is 4.79 Å². The molecule has 1 aliphatic heterocycles. The molecular formula is C24H18ClF4N3O4. The predicted molar refractivity (Wildman–Crippen MR) is 123 cm³/mol. The minimum Gasteiger partial charge on any atom is -0.497 e. The molecule has 1 fully saturated rings. The molecule has 2 amide bonds. The standard InChI is InChI=1S/C24H18ClF4N3O4/c1-36-14-9-16(26)19(17(27)10-14)15-11-32(18-3-2-8-31(22(18)34)24(28)29)23(35)20(15)30-21(33)12-4-6-13(25)7-5-12/h2-10,15,20,24H,11H2,1H3,(H,30,33)/t15-,20?/m0/s1. The van der Waals surface area contributed by atoms with Gasteiger partial charge in [0.1, 0.15) is 29.1 Å². The van der Waals surface area contributed by atoms with Crippen LogP contribution in [0.1, 0.15) is 28.4 Å². The van der Waals surface area contributed by atoms with Crippen molar-refractivity contribution >= 4 is 29.1 Å². The number of rotatable bonds is 6. The Morgan fingerprint density at radius 1 is 1.11 bits per heavy atom. The second kappa shape index (κ2) is 10.0. The summed E-state index contributed by atoms with van der Waals surface area (Å²) in [5, 5.41) is 2.81. The zero-order valence-corrected chi connectivity index (χ0v) is 19.3. The number of hydrogen-bond acceptors (Lipinski definition) is 4. The molecule has 0 saturated carbocycles. The van der Waals surface area contributed by atoms with Crippen LogP contribution in [0.2, 0.25) is 5.02 Å². The zero-order chi connectivity index (χ0) is 26.1. The summed E-state index contributed by atoms with van der Waals surface area (Å²) in [5.41, 5.74) is -2.02. The number of halogens is 5. The Morgan fingerprint density at radius 2 is 1.75 bits per heavy atom. The van der Waals surface area contributed by atoms with E-state index in [2.05, 4.69) is 5.32 Å². The summed E-state index contributed by atoms with van der Waals surface area (Å²) in [6, 6.07) is 8.23. The molecule has 36 heavy (non-hydrogen) atoms. The van der Waals surface area contributed by atoms with E-state index in [9.17, 15) is 31.9 Å². The van der Waals surface area contributed by atoms with Crippen LogP contribution in [-0.4, -0.2) is 36.1 Å². The monoisotopic (exact) mass is 523 g/mol. The Balaban J connectivity index is 1.78. The van der Waals surface area contributed by atoms with Crippen LogP contribution in [0.3, 0.4) is 0 Å². The van der Waals surface area contributed by atoms with Crippen LogP contribution in [0.15, 0.2) is 59.5 Å². The van der Waals surface area contributed by atoms with E-state index < -0.39 is 65.3 Å². The van der Waals surface area contributed by atoms with Crippen molar-refractivity contribution in [2.75, 3.05) is 18.6 Å². The number of anilines is 1. The minimum atomic E-state index is -3.18. The average molecular weight is 524 g/mol. The quantitative estimate of drug-likeness (QED) is 0.493. The van der Waals surface area contributed by atoms with Gasteiger partial charge < -0.3 is 15.0 Å². The molecular weight excluding hydrogens is 506 g/mol. The molecule has 0 aliphatic carbocycles. The molecule has 188 valence electrons. The molecule has 1 N–H and O–H groups in total. The highest BCUT2D eigenvalue weighted by molar-refractivity contribution is 6.30. The molecule has 1 saturated heterocycles. The summed E-state index contributed by atoms with van der Waals surface area (Å²) in [5.74, 6) is -5.16. The molecule has 2 atom stereocenters. The number of amides is 2. The minimum absolute atomic E-state index is 0.111. The molecule has 1 aliphatic rings. The van der Waals surface area contributed by atoms with Crippen molar-refractivity contribution in [3.63, 3.8) is 0 Å². The lowest BCUT2D eigenvalue weighted by Crippen LogP contribution is -2.44. The summed E-state index contributed by atoms with van der Waals surface area (Å²) in [7, 11) is 1.22. The molecule has 2 aromatic carbocycles. The third-order valence-electron chi connectivity index (χ3n) is 5.82. The Kier molecular flexibility index (Phi) is 7.02. The highest BCUT2D eigenvalue weighted by atomic mass is 35.5. The lowest BCUT2D eigenvalue weighted by molar-refractivity contribution is -0.118. The summed E-state index contributed by atoms with van der Waals surface area (Å²) in [4.78, 5) is 39.7. The number of pyridine rings is 1. The number of ether oxygens (including phenoxy) is 1. The topological polar surface area (TPSA) is 80.6 Å². The van der Waals surface area contributed by atoms with Gasteiger partial charge in [-0.15, -0.1) is 0 Å². The van der Waals surface area contributed by atoms with Gasteiger partial charge in [-0.25, -0.2) is 8.78 Å². The van der Waals surface area contributed by atoms with Gasteiger partial charge in [0, 0.05) is 46.9 Å². The fraction of sp³-hybridized carbons (Fsp3) is 0.208. The Morgan fingerprint density at radius 3 is 2.33 bits per heavy atom. The van der Waals surface area contributed by atoms with Crippen molar-refractivity contribution in [3.8, 4) is 5.75 Å². The van der Waals surface area contributed by atoms with Gasteiger partial charge in [0.25, 0.3) is 11.5 Å². The van der Waals surface area contributed by atoms with Gasteiger partial charge in [0.2, 0.25) is 5.91 Å². The van der Waals surface area contributed by atoms with E-state index in [0.717, 1.165) is 35.4 Å². The first-order chi connectivity index (χ1) is 17.1. The van der Waals surface area contributed by atoms with E-state index in [1.165, 1.54) is 31.4 Å². The lowest BCUT2D eigenvalue weighted by Gasteiger charge is -2.20. The second-order valence-electron chi connectivity index (χ2n) is 7.90. The number of alkyl halides is 2. The Hall–Kier alpha value is -3.86. The summed E-state index contributed by atoms with van der Waals surface area (Å²) < 4.78 is 61.5. The fourth-order valence-electron chi connectivity index (χ4n) is 4.09. The number of benzene rings is 2. The van der Waals surface area contributed by atoms with Crippen LogP contribution in [0.4, 0.5) is 23.2 Å². The van der Waals surface area contributed by atoms with Crippen LogP contribution in [0.5, 0.6) is 5.75 Å². The van der Waals surface area contributed by atoms with Gasteiger partial charge in [-0.2, -0.15) is 8.78 Å². The molecule has 12 heteroatoms. The number of nitrogens with one attached hydrogen (secondary N) is 1. The van der Waals surface area contributed by atoms with Gasteiger partial charge in [-0.3, -0.25) is 19.0 Å². The molecule has 0 spiro atoms. The van der Waals surface area contributed by atoms with Gasteiger partial charge in [0.05, 0.1) is 7.11 Å². The first-order valence-corrected chi connectivity index (χ1v) is 10.9. The maximum absolute atomic E-state index is 15.0. The van der Waals surface area contributed by atoms with Gasteiger partial charge in [-0.05, 0) is 36.4 Å². The first kappa shape index (κ1) is 25.2. The number of nitrogens with zero attached hydrogens (tertiary/aromatic N) is 2. The van der Waals surface area contributed by atoms with Gasteiger partial charge in [0.15, 0.2) is 0 Å². The summed E-state index contributed by atoms with van der Waals surface area (Å²) in [6.07, 6.45) is 0.844. The van der Waals surface area contributed by atoms with E-state index in [0.29, 0.717) is 5.02 Å². The van der Waals surface area contributed by atoms with Crippen molar-refractivity contribution in [2.45, 2.75) is 18.5 Å². The molecule has 4 rings (SSSR count). The third kappa shape index (κ3) is 4.66. The largest absolute Gasteiger partial charge is 0.497 e. The van der Waals surface area contributed by atoms with E-state index in [1.54, 1.807) is 0 Å².